The summed E-state index contributed by atoms with van der Waals surface area (Å²) in [5, 5.41) is 6.95. The molecule has 2 atom stereocenters. The van der Waals surface area contributed by atoms with Crippen LogP contribution in [0.5, 0.6) is 0 Å². The molecule has 1 fully saturated rings. The van der Waals surface area contributed by atoms with Crippen molar-refractivity contribution in [1.29, 1.82) is 0 Å². The molecule has 0 aromatic carbocycles. The number of nitrogens with two attached hydrogens (primary N) is 1. The molecule has 1 saturated heterocycles. The van der Waals surface area contributed by atoms with Crippen molar-refractivity contribution < 1.29 is 4.79 Å². The largest absolute Gasteiger partial charge is 0.317 e. The fourth-order valence-corrected chi connectivity index (χ4v) is 1.92. The van der Waals surface area contributed by atoms with Gasteiger partial charge in [-0.25, -0.2) is 0 Å². The summed E-state index contributed by atoms with van der Waals surface area (Å²) in [6, 6.07) is -0.435. The van der Waals surface area contributed by atoms with Crippen LogP contribution in [0, 0.1) is 0 Å². The van der Waals surface area contributed by atoms with Crippen LogP contribution in [0.25, 0.3) is 0 Å². The maximum atomic E-state index is 11.7. The van der Waals surface area contributed by atoms with E-state index in [0.29, 0.717) is 6.54 Å². The van der Waals surface area contributed by atoms with Gasteiger partial charge < -0.3 is 5.73 Å². The van der Waals surface area contributed by atoms with Crippen LogP contribution in [0.15, 0.2) is 0 Å². The van der Waals surface area contributed by atoms with E-state index >= 15 is 0 Å². The molecule has 1 aliphatic rings. The second-order valence-corrected chi connectivity index (χ2v) is 3.34. The molecule has 1 amide bonds. The van der Waals surface area contributed by atoms with Crippen molar-refractivity contribution in [2.24, 2.45) is 5.73 Å². The Morgan fingerprint density at radius 3 is 2.43 bits per heavy atom. The van der Waals surface area contributed by atoms with Gasteiger partial charge in [0.05, 0.1) is 0 Å². The highest BCUT2D eigenvalue weighted by atomic mass is 16.2. The zero-order valence-electron chi connectivity index (χ0n) is 9.16. The van der Waals surface area contributed by atoms with E-state index in [-0.39, 0.29) is 12.1 Å². The average Bonchev–Trinajstić information content (AvgIpc) is 2.42. The van der Waals surface area contributed by atoms with Crippen molar-refractivity contribution >= 4 is 5.91 Å². The molecule has 5 nitrogen and oxygen atoms in total. The first-order chi connectivity index (χ1) is 6.67. The number of rotatable bonds is 4. The number of nitrogens with one attached hydrogen (secondary N) is 1. The Balaban J connectivity index is 2.79. The van der Waals surface area contributed by atoms with Gasteiger partial charge in [-0.05, 0) is 13.5 Å². The van der Waals surface area contributed by atoms with Gasteiger partial charge in [-0.1, -0.05) is 13.8 Å². The first-order valence-corrected chi connectivity index (χ1v) is 5.24. The van der Waals surface area contributed by atoms with Gasteiger partial charge in [0.2, 0.25) is 0 Å². The van der Waals surface area contributed by atoms with Crippen molar-refractivity contribution in [3.05, 3.63) is 0 Å². The molecule has 0 bridgehead atoms. The maximum Gasteiger partial charge on any atom is 0.256 e. The summed E-state index contributed by atoms with van der Waals surface area (Å²) in [7, 11) is 0. The third kappa shape index (κ3) is 1.75. The molecule has 0 aliphatic carbocycles. The lowest BCUT2D eigenvalue weighted by atomic mass is 10.2. The third-order valence-corrected chi connectivity index (χ3v) is 2.55. The van der Waals surface area contributed by atoms with Gasteiger partial charge in [-0.2, -0.15) is 5.01 Å². The van der Waals surface area contributed by atoms with Gasteiger partial charge in [0.15, 0.2) is 0 Å². The molecule has 1 heterocycles. The van der Waals surface area contributed by atoms with Gasteiger partial charge >= 0.3 is 0 Å². The number of nitrogens with zero attached hydrogens (tertiary/aromatic N) is 2. The Morgan fingerprint density at radius 1 is 1.36 bits per heavy atom. The van der Waals surface area contributed by atoms with Crippen molar-refractivity contribution in [3.8, 4) is 0 Å². The predicted octanol–water partition coefficient (Wildman–Crippen LogP) is -0.652. The van der Waals surface area contributed by atoms with Gasteiger partial charge in [0.25, 0.3) is 5.91 Å². The Kier molecular flexibility index (Phi) is 3.86. The molecule has 3 N–H and O–H groups in total. The van der Waals surface area contributed by atoms with Crippen LogP contribution in [-0.4, -0.2) is 47.8 Å². The van der Waals surface area contributed by atoms with Crippen LogP contribution in [0.3, 0.4) is 0 Å². The summed E-state index contributed by atoms with van der Waals surface area (Å²) in [6.45, 7) is 8.30. The van der Waals surface area contributed by atoms with E-state index < -0.39 is 6.04 Å². The van der Waals surface area contributed by atoms with Crippen LogP contribution >= 0.6 is 0 Å². The topological polar surface area (TPSA) is 61.6 Å². The van der Waals surface area contributed by atoms with E-state index in [4.69, 9.17) is 5.73 Å². The maximum absolute atomic E-state index is 11.7. The van der Waals surface area contributed by atoms with Crippen LogP contribution in [-0.2, 0) is 4.79 Å². The Bertz CT molecular complexity index is 209. The number of hydrazine groups is 1. The first kappa shape index (κ1) is 11.4. The zero-order valence-corrected chi connectivity index (χ0v) is 9.16. The lowest BCUT2D eigenvalue weighted by Crippen LogP contribution is -2.52. The number of hydrogen-bond donors (Lipinski definition) is 2. The third-order valence-electron chi connectivity index (χ3n) is 2.55. The monoisotopic (exact) mass is 200 g/mol. The van der Waals surface area contributed by atoms with E-state index in [1.807, 2.05) is 25.8 Å². The van der Waals surface area contributed by atoms with E-state index in [2.05, 4.69) is 5.32 Å². The first-order valence-electron chi connectivity index (χ1n) is 5.24. The van der Waals surface area contributed by atoms with Crippen LogP contribution in [0.1, 0.15) is 20.8 Å². The van der Waals surface area contributed by atoms with Gasteiger partial charge in [0, 0.05) is 13.1 Å². The number of amides is 1. The molecule has 1 aliphatic heterocycles. The highest BCUT2D eigenvalue weighted by Crippen LogP contribution is 2.16. The summed E-state index contributed by atoms with van der Waals surface area (Å²) in [5.74, 6) is 0.0142. The van der Waals surface area contributed by atoms with Crippen molar-refractivity contribution in [1.82, 2.24) is 15.3 Å². The standard InChI is InChI=1S/C9H20N4O/c1-4-11-8-7(10)9(14)13(6-3)12(8)5-2/h7-8,11H,4-6,10H2,1-3H3. The van der Waals surface area contributed by atoms with Crippen molar-refractivity contribution in [3.63, 3.8) is 0 Å². The molecule has 0 spiro atoms. The number of hydrogen-bond acceptors (Lipinski definition) is 4. The lowest BCUT2D eigenvalue weighted by Gasteiger charge is -2.30. The smallest absolute Gasteiger partial charge is 0.256 e. The molecule has 0 radical (unpaired) electrons. The molecular formula is C9H20N4O. The normalized spacial score (nSPS) is 28.9. The molecule has 5 heteroatoms. The zero-order chi connectivity index (χ0) is 10.7. The number of carbonyl (C=O) groups is 1. The fraction of sp³-hybridized carbons (Fsp3) is 0.889. The molecule has 0 saturated carbocycles. The fourth-order valence-electron chi connectivity index (χ4n) is 1.92. The summed E-state index contributed by atoms with van der Waals surface area (Å²) < 4.78 is 0. The minimum absolute atomic E-state index is 0.0142. The molecule has 0 aromatic heterocycles. The van der Waals surface area contributed by atoms with Crippen molar-refractivity contribution in [2.75, 3.05) is 19.6 Å². The molecule has 82 valence electrons. The molecule has 1 rings (SSSR count). The Hall–Kier alpha value is -0.650. The van der Waals surface area contributed by atoms with Gasteiger partial charge in [-0.15, -0.1) is 0 Å². The molecular weight excluding hydrogens is 180 g/mol. The second-order valence-electron chi connectivity index (χ2n) is 3.34. The molecule has 2 unspecified atom stereocenters. The summed E-state index contributed by atoms with van der Waals surface area (Å²) >= 11 is 0. The average molecular weight is 200 g/mol. The van der Waals surface area contributed by atoms with E-state index in [1.54, 1.807) is 5.01 Å². The minimum atomic E-state index is -0.435. The van der Waals surface area contributed by atoms with E-state index in [9.17, 15) is 4.79 Å². The number of carbonyl (C=O) groups excluding carboxylic acids is 1. The van der Waals surface area contributed by atoms with Gasteiger partial charge in [0.1, 0.15) is 12.2 Å². The summed E-state index contributed by atoms with van der Waals surface area (Å²) in [4.78, 5) is 11.7. The minimum Gasteiger partial charge on any atom is -0.317 e. The van der Waals surface area contributed by atoms with Crippen LogP contribution in [0.4, 0.5) is 0 Å². The molecule has 14 heavy (non-hydrogen) atoms. The Labute approximate surface area is 85.2 Å². The van der Waals surface area contributed by atoms with Gasteiger partial charge in [-0.3, -0.25) is 15.1 Å². The summed E-state index contributed by atoms with van der Waals surface area (Å²) in [6.07, 6.45) is -0.0440. The predicted molar refractivity (Wildman–Crippen MR) is 55.2 cm³/mol. The van der Waals surface area contributed by atoms with E-state index in [0.717, 1.165) is 13.1 Å². The summed E-state index contributed by atoms with van der Waals surface area (Å²) in [5.41, 5.74) is 5.85. The van der Waals surface area contributed by atoms with E-state index in [1.165, 1.54) is 0 Å². The van der Waals surface area contributed by atoms with Crippen molar-refractivity contribution in [2.45, 2.75) is 33.0 Å². The Morgan fingerprint density at radius 2 is 2.00 bits per heavy atom. The van der Waals surface area contributed by atoms with Crippen LogP contribution in [0.2, 0.25) is 0 Å². The quantitative estimate of drug-likeness (QED) is 0.633. The SMILES string of the molecule is CCNC1C(N)C(=O)N(CC)N1CC. The highest BCUT2D eigenvalue weighted by molar-refractivity contribution is 5.84. The lowest BCUT2D eigenvalue weighted by molar-refractivity contribution is -0.138. The number of likely N-dealkylation sites (N-methyl/N-ethyl adjacent to an activating group) is 3. The van der Waals surface area contributed by atoms with Crippen LogP contribution < -0.4 is 11.1 Å². The second kappa shape index (κ2) is 4.72. The highest BCUT2D eigenvalue weighted by Gasteiger charge is 2.42. The molecule has 0 aromatic rings.